The molecule has 2 heterocycles. The Balaban J connectivity index is 1.47. The number of hydrogen-bond donors (Lipinski definition) is 1. The second kappa shape index (κ2) is 9.46. The zero-order valence-corrected chi connectivity index (χ0v) is 19.6. The number of nitrogens with zero attached hydrogens (tertiary/aromatic N) is 5. The van der Waals surface area contributed by atoms with Gasteiger partial charge in [-0.25, -0.2) is 9.07 Å². The summed E-state index contributed by atoms with van der Waals surface area (Å²) in [5.74, 6) is 0.523. The van der Waals surface area contributed by atoms with Crippen molar-refractivity contribution in [2.24, 2.45) is 0 Å². The van der Waals surface area contributed by atoms with Crippen molar-refractivity contribution in [2.75, 3.05) is 0 Å². The summed E-state index contributed by atoms with van der Waals surface area (Å²) < 4.78 is 15.4. The van der Waals surface area contributed by atoms with E-state index in [1.165, 1.54) is 25.0 Å². The summed E-state index contributed by atoms with van der Waals surface area (Å²) in [4.78, 5) is 18.2. The van der Waals surface area contributed by atoms with Crippen molar-refractivity contribution in [2.45, 2.75) is 65.2 Å². The Morgan fingerprint density at radius 1 is 1.06 bits per heavy atom. The first-order chi connectivity index (χ1) is 16.5. The van der Waals surface area contributed by atoms with Gasteiger partial charge in [0.05, 0.1) is 18.1 Å². The Morgan fingerprint density at radius 2 is 1.82 bits per heavy atom. The predicted molar refractivity (Wildman–Crippen MR) is 129 cm³/mol. The van der Waals surface area contributed by atoms with Crippen LogP contribution in [-0.2, 0) is 19.6 Å². The summed E-state index contributed by atoms with van der Waals surface area (Å²) in [5, 5.41) is 13.5. The molecule has 4 aromatic rings. The minimum absolute atomic E-state index is 0.0982. The number of halogens is 1. The molecule has 0 radical (unpaired) electrons. The van der Waals surface area contributed by atoms with Crippen LogP contribution < -0.4 is 5.56 Å². The van der Waals surface area contributed by atoms with Gasteiger partial charge in [-0.3, -0.25) is 9.69 Å². The van der Waals surface area contributed by atoms with Gasteiger partial charge in [0.2, 0.25) is 0 Å². The van der Waals surface area contributed by atoms with Gasteiger partial charge in [-0.2, -0.15) is 0 Å². The van der Waals surface area contributed by atoms with E-state index in [2.05, 4.69) is 44.5 Å². The number of aromatic nitrogens is 5. The van der Waals surface area contributed by atoms with Crippen molar-refractivity contribution in [3.8, 4) is 0 Å². The molecule has 0 bridgehead atoms. The van der Waals surface area contributed by atoms with Gasteiger partial charge in [-0.15, -0.1) is 5.10 Å². The summed E-state index contributed by atoms with van der Waals surface area (Å²) in [6.45, 7) is 5.52. The first-order valence-electron chi connectivity index (χ1n) is 11.8. The van der Waals surface area contributed by atoms with Crippen LogP contribution >= 0.6 is 0 Å². The highest BCUT2D eigenvalue weighted by molar-refractivity contribution is 5.82. The number of fused-ring (bicyclic) bond motifs is 1. The van der Waals surface area contributed by atoms with Crippen LogP contribution in [0.3, 0.4) is 0 Å². The largest absolute Gasteiger partial charge is 0.321 e. The molecule has 0 unspecified atom stereocenters. The van der Waals surface area contributed by atoms with Gasteiger partial charge in [-0.1, -0.05) is 36.6 Å². The lowest BCUT2D eigenvalue weighted by Crippen LogP contribution is -2.28. The first-order valence-corrected chi connectivity index (χ1v) is 11.8. The molecule has 8 heteroatoms. The van der Waals surface area contributed by atoms with Crippen LogP contribution in [0, 0.1) is 19.7 Å². The molecule has 2 aromatic carbocycles. The van der Waals surface area contributed by atoms with Crippen LogP contribution in [-0.4, -0.2) is 30.1 Å². The van der Waals surface area contributed by atoms with Gasteiger partial charge >= 0.3 is 0 Å². The molecule has 5 rings (SSSR count). The number of nitrogens with one attached hydrogen (secondary N) is 1. The Morgan fingerprint density at radius 3 is 2.59 bits per heavy atom. The smallest absolute Gasteiger partial charge is 0.252 e. The number of hydrogen-bond acceptors (Lipinski definition) is 5. The fourth-order valence-electron chi connectivity index (χ4n) is 5.06. The molecular weight excluding hydrogens is 431 g/mol. The third-order valence-corrected chi connectivity index (χ3v) is 6.68. The lowest BCUT2D eigenvalue weighted by atomic mass is 10.0. The monoisotopic (exact) mass is 460 g/mol. The zero-order chi connectivity index (χ0) is 23.7. The lowest BCUT2D eigenvalue weighted by molar-refractivity contribution is 0.231. The topological polar surface area (TPSA) is 79.7 Å². The molecule has 1 saturated carbocycles. The van der Waals surface area contributed by atoms with E-state index in [0.717, 1.165) is 46.3 Å². The predicted octanol–water partition coefficient (Wildman–Crippen LogP) is 4.59. The van der Waals surface area contributed by atoms with Gasteiger partial charge in [-0.05, 0) is 77.9 Å². The third-order valence-electron chi connectivity index (χ3n) is 6.68. The molecule has 0 aliphatic heterocycles. The quantitative estimate of drug-likeness (QED) is 0.436. The lowest BCUT2D eigenvalue weighted by Gasteiger charge is -2.23. The number of benzene rings is 2. The van der Waals surface area contributed by atoms with Crippen LogP contribution in [0.25, 0.3) is 10.9 Å². The maximum atomic E-state index is 13.5. The second-order valence-electron chi connectivity index (χ2n) is 9.42. The summed E-state index contributed by atoms with van der Waals surface area (Å²) in [7, 11) is 0. The molecular formula is C26H29FN6O. The molecule has 0 atom stereocenters. The van der Waals surface area contributed by atoms with E-state index in [0.29, 0.717) is 31.2 Å². The summed E-state index contributed by atoms with van der Waals surface area (Å²) in [6.07, 6.45) is 4.54. The van der Waals surface area contributed by atoms with Gasteiger partial charge in [0.25, 0.3) is 5.56 Å². The van der Waals surface area contributed by atoms with E-state index in [-0.39, 0.29) is 11.4 Å². The summed E-state index contributed by atoms with van der Waals surface area (Å²) in [5.41, 5.74) is 4.62. The average Bonchev–Trinajstić information content (AvgIpc) is 3.48. The number of aryl methyl sites for hydroxylation is 2. The number of H-pyrrole nitrogens is 1. The molecule has 1 aliphatic carbocycles. The van der Waals surface area contributed by atoms with Crippen LogP contribution in [0.4, 0.5) is 4.39 Å². The van der Waals surface area contributed by atoms with Crippen LogP contribution in [0.5, 0.6) is 0 Å². The minimum Gasteiger partial charge on any atom is -0.321 e. The Labute approximate surface area is 197 Å². The highest BCUT2D eigenvalue weighted by atomic mass is 19.1. The van der Waals surface area contributed by atoms with Crippen molar-refractivity contribution in [1.82, 2.24) is 30.1 Å². The maximum absolute atomic E-state index is 13.5. The molecule has 0 spiro atoms. The van der Waals surface area contributed by atoms with E-state index in [1.807, 2.05) is 17.7 Å². The molecule has 0 amide bonds. The molecule has 176 valence electrons. The van der Waals surface area contributed by atoms with E-state index in [4.69, 9.17) is 0 Å². The molecule has 2 aromatic heterocycles. The van der Waals surface area contributed by atoms with E-state index in [1.54, 1.807) is 12.1 Å². The van der Waals surface area contributed by atoms with Crippen molar-refractivity contribution in [3.05, 3.63) is 86.7 Å². The standard InChI is InChI=1S/C26H29FN6O/c1-17-11-18(2)25-20(12-17)13-21(26(34)28-25)15-32(14-19-7-9-22(27)10-8-19)16-24-29-30-31-33(24)23-5-3-4-6-23/h7-13,23H,3-6,14-16H2,1-2H3,(H,28,34). The number of aromatic amines is 1. The van der Waals surface area contributed by atoms with Crippen LogP contribution in [0.2, 0.25) is 0 Å². The second-order valence-corrected chi connectivity index (χ2v) is 9.42. The number of rotatable bonds is 7. The fourth-order valence-corrected chi connectivity index (χ4v) is 5.06. The number of pyridine rings is 1. The fraction of sp³-hybridized carbons (Fsp3) is 0.385. The highest BCUT2D eigenvalue weighted by Gasteiger charge is 2.23. The third kappa shape index (κ3) is 4.77. The van der Waals surface area contributed by atoms with Crippen molar-refractivity contribution >= 4 is 10.9 Å². The van der Waals surface area contributed by atoms with Crippen molar-refractivity contribution < 1.29 is 4.39 Å². The van der Waals surface area contributed by atoms with Gasteiger partial charge < -0.3 is 4.98 Å². The normalized spacial score (nSPS) is 14.5. The van der Waals surface area contributed by atoms with Gasteiger partial charge in [0, 0.05) is 18.7 Å². The van der Waals surface area contributed by atoms with Gasteiger partial charge in [0.15, 0.2) is 5.82 Å². The molecule has 7 nitrogen and oxygen atoms in total. The molecule has 0 saturated heterocycles. The molecule has 1 fully saturated rings. The maximum Gasteiger partial charge on any atom is 0.252 e. The summed E-state index contributed by atoms with van der Waals surface area (Å²) >= 11 is 0. The molecule has 1 aliphatic rings. The molecule has 34 heavy (non-hydrogen) atoms. The Bertz CT molecular complexity index is 1350. The highest BCUT2D eigenvalue weighted by Crippen LogP contribution is 2.29. The van der Waals surface area contributed by atoms with Crippen LogP contribution in [0.1, 0.15) is 59.8 Å². The Kier molecular flexibility index (Phi) is 6.24. The molecule has 1 N–H and O–H groups in total. The zero-order valence-electron chi connectivity index (χ0n) is 19.6. The van der Waals surface area contributed by atoms with Crippen LogP contribution in [0.15, 0.2) is 47.3 Å². The Hall–Kier alpha value is -3.39. The van der Waals surface area contributed by atoms with E-state index in [9.17, 15) is 9.18 Å². The van der Waals surface area contributed by atoms with Crippen molar-refractivity contribution in [1.29, 1.82) is 0 Å². The number of tetrazole rings is 1. The van der Waals surface area contributed by atoms with E-state index >= 15 is 0 Å². The SMILES string of the molecule is Cc1cc(C)c2[nH]c(=O)c(CN(Cc3ccc(F)cc3)Cc3nnnn3C3CCCC3)cc2c1. The average molecular weight is 461 g/mol. The first kappa shape index (κ1) is 22.4. The van der Waals surface area contributed by atoms with Gasteiger partial charge in [0.1, 0.15) is 5.82 Å². The van der Waals surface area contributed by atoms with E-state index < -0.39 is 0 Å². The van der Waals surface area contributed by atoms with Crippen molar-refractivity contribution in [3.63, 3.8) is 0 Å². The minimum atomic E-state index is -0.266. The summed E-state index contributed by atoms with van der Waals surface area (Å²) in [6, 6.07) is 12.9.